The first-order chi connectivity index (χ1) is 22.1. The van der Waals surface area contributed by atoms with Gasteiger partial charge < -0.3 is 29.3 Å². The zero-order valence-corrected chi connectivity index (χ0v) is 27.4. The van der Waals surface area contributed by atoms with Crippen LogP contribution in [0.1, 0.15) is 69.4 Å². The molecule has 0 saturated carbocycles. The monoisotopic (exact) mass is 638 g/mol. The number of carbonyl (C=O) groups excluding carboxylic acids is 2. The van der Waals surface area contributed by atoms with E-state index in [2.05, 4.69) is 13.8 Å². The van der Waals surface area contributed by atoms with E-state index in [1.54, 1.807) is 42.0 Å². The van der Waals surface area contributed by atoms with Gasteiger partial charge in [0.1, 0.15) is 5.82 Å². The third-order valence-corrected chi connectivity index (χ3v) is 9.71. The van der Waals surface area contributed by atoms with E-state index in [1.165, 1.54) is 6.07 Å². The highest BCUT2D eigenvalue weighted by Gasteiger charge is 2.48. The fourth-order valence-electron chi connectivity index (χ4n) is 7.42. The molecule has 0 aliphatic carbocycles. The molecule has 5 rings (SSSR count). The molecule has 3 aliphatic heterocycles. The number of carbonyl (C=O) groups is 3. The number of rotatable bonds is 13. The molecule has 3 aliphatic rings. The second-order valence-electron chi connectivity index (χ2n) is 12.8. The van der Waals surface area contributed by atoms with Crippen LogP contribution in [0.4, 0.5) is 14.9 Å². The topological polar surface area (TPSA) is 103 Å². The average Bonchev–Trinajstić information content (AvgIpc) is 3.64. The number of nitrogens with zero attached hydrogens (tertiary/aromatic N) is 4. The van der Waals surface area contributed by atoms with Gasteiger partial charge in [-0.3, -0.25) is 14.5 Å². The van der Waals surface area contributed by atoms with Crippen molar-refractivity contribution in [2.24, 2.45) is 5.92 Å². The predicted molar refractivity (Wildman–Crippen MR) is 173 cm³/mol. The van der Waals surface area contributed by atoms with Gasteiger partial charge in [-0.15, -0.1) is 0 Å². The second kappa shape index (κ2) is 14.7. The highest BCUT2D eigenvalue weighted by Crippen LogP contribution is 2.43. The first-order valence-corrected chi connectivity index (χ1v) is 16.6. The lowest BCUT2D eigenvalue weighted by Crippen LogP contribution is -2.50. The summed E-state index contributed by atoms with van der Waals surface area (Å²) >= 11 is 0. The Bertz CT molecular complexity index is 1420. The van der Waals surface area contributed by atoms with Crippen molar-refractivity contribution in [1.29, 1.82) is 0 Å². The molecule has 3 amide bonds. The number of ether oxygens (including phenoxy) is 2. The van der Waals surface area contributed by atoms with E-state index in [1.807, 2.05) is 21.9 Å². The van der Waals surface area contributed by atoms with E-state index in [0.29, 0.717) is 55.3 Å². The Labute approximate surface area is 271 Å². The minimum absolute atomic E-state index is 0.00367. The predicted octanol–water partition coefficient (Wildman–Crippen LogP) is 5.48. The molecule has 0 spiro atoms. The first-order valence-electron chi connectivity index (χ1n) is 16.6. The van der Waals surface area contributed by atoms with E-state index in [9.17, 15) is 23.9 Å². The van der Waals surface area contributed by atoms with Crippen LogP contribution in [-0.4, -0.2) is 96.4 Å². The second-order valence-corrected chi connectivity index (χ2v) is 12.8. The van der Waals surface area contributed by atoms with E-state index >= 15 is 0 Å². The molecule has 46 heavy (non-hydrogen) atoms. The Kier molecular flexibility index (Phi) is 10.7. The third-order valence-electron chi connectivity index (χ3n) is 9.71. The van der Waals surface area contributed by atoms with Crippen molar-refractivity contribution in [3.05, 3.63) is 53.3 Å². The summed E-state index contributed by atoms with van der Waals surface area (Å²) in [7, 11) is 1.78. The van der Waals surface area contributed by atoms with Crippen molar-refractivity contribution in [3.8, 4) is 11.5 Å². The number of carboxylic acid groups (broad SMARTS) is 1. The van der Waals surface area contributed by atoms with Gasteiger partial charge in [0.15, 0.2) is 11.5 Å². The molecule has 1 unspecified atom stereocenters. The van der Waals surface area contributed by atoms with Crippen LogP contribution in [0.15, 0.2) is 36.4 Å². The van der Waals surface area contributed by atoms with Gasteiger partial charge in [0.25, 0.3) is 0 Å². The summed E-state index contributed by atoms with van der Waals surface area (Å²) in [5, 5.41) is 10.7. The molecule has 2 aromatic carbocycles. The van der Waals surface area contributed by atoms with Crippen LogP contribution in [0, 0.1) is 18.7 Å². The minimum atomic E-state index is -0.939. The highest BCUT2D eigenvalue weighted by molar-refractivity contribution is 5.95. The number of aliphatic carboxylic acids is 1. The Balaban J connectivity index is 1.48. The summed E-state index contributed by atoms with van der Waals surface area (Å²) in [6, 6.07) is 9.69. The Morgan fingerprint density at radius 1 is 1.07 bits per heavy atom. The summed E-state index contributed by atoms with van der Waals surface area (Å²) in [5.74, 6) is -1.44. The molecular formula is C35H47FN4O6. The first kappa shape index (κ1) is 33.5. The largest absolute Gasteiger partial charge is 0.481 e. The van der Waals surface area contributed by atoms with E-state index in [-0.39, 0.29) is 37.1 Å². The number of anilines is 1. The maximum Gasteiger partial charge on any atom is 0.319 e. The van der Waals surface area contributed by atoms with Crippen molar-refractivity contribution in [3.63, 3.8) is 0 Å². The Morgan fingerprint density at radius 3 is 2.50 bits per heavy atom. The number of hydrogen-bond donors (Lipinski definition) is 1. The molecule has 1 N–H and O–H groups in total. The van der Waals surface area contributed by atoms with Gasteiger partial charge in [-0.2, -0.15) is 0 Å². The smallest absolute Gasteiger partial charge is 0.319 e. The lowest BCUT2D eigenvalue weighted by molar-refractivity contribution is -0.143. The van der Waals surface area contributed by atoms with Crippen LogP contribution in [-0.2, 0) is 9.59 Å². The number of halogens is 1. The van der Waals surface area contributed by atoms with Gasteiger partial charge in [-0.1, -0.05) is 32.8 Å². The molecule has 2 fully saturated rings. The number of amides is 3. The number of carboxylic acids is 1. The van der Waals surface area contributed by atoms with E-state index in [0.717, 1.165) is 37.7 Å². The molecule has 2 aromatic rings. The van der Waals surface area contributed by atoms with Crippen LogP contribution in [0.25, 0.3) is 0 Å². The summed E-state index contributed by atoms with van der Waals surface area (Å²) in [6.07, 6.45) is 4.61. The van der Waals surface area contributed by atoms with Crippen LogP contribution >= 0.6 is 0 Å². The molecule has 0 aromatic heterocycles. The van der Waals surface area contributed by atoms with E-state index < -0.39 is 23.8 Å². The molecule has 3 atom stereocenters. The standard InChI is InChI=1S/C35H47FN4O6/c1-5-8-25(9-6-2)40(26-11-12-28(36)23(3)18-26)32(41)21-39-20-27(24-10-13-30-31(19-24)46-22-45-30)33(34(42)43)29(39)14-17-38-16-7-15-37(4)35(38)44/h10-13,18-19,25,27,29,33H,5-9,14-17,20-22H2,1-4H3,(H,42,43)/t27-,29+,33?/m1/s1. The minimum Gasteiger partial charge on any atom is -0.481 e. The van der Waals surface area contributed by atoms with E-state index in [4.69, 9.17) is 9.47 Å². The van der Waals surface area contributed by atoms with Gasteiger partial charge >= 0.3 is 12.0 Å². The molecule has 250 valence electrons. The fourth-order valence-corrected chi connectivity index (χ4v) is 7.42. The van der Waals surface area contributed by atoms with Crippen molar-refractivity contribution in [2.45, 2.75) is 77.3 Å². The van der Waals surface area contributed by atoms with Crippen molar-refractivity contribution >= 4 is 23.6 Å². The molecule has 3 heterocycles. The average molecular weight is 639 g/mol. The zero-order chi connectivity index (χ0) is 33.0. The van der Waals surface area contributed by atoms with Crippen LogP contribution < -0.4 is 14.4 Å². The van der Waals surface area contributed by atoms with Crippen molar-refractivity contribution < 1.29 is 33.4 Å². The van der Waals surface area contributed by atoms with Gasteiger partial charge in [0.05, 0.1) is 12.5 Å². The number of fused-ring (bicyclic) bond motifs is 1. The van der Waals surface area contributed by atoms with Crippen molar-refractivity contribution in [2.75, 3.05) is 51.5 Å². The molecule has 0 radical (unpaired) electrons. The van der Waals surface area contributed by atoms with Crippen LogP contribution in [0.3, 0.4) is 0 Å². The quantitative estimate of drug-likeness (QED) is 0.310. The van der Waals surface area contributed by atoms with Gasteiger partial charge in [0.2, 0.25) is 12.7 Å². The summed E-state index contributed by atoms with van der Waals surface area (Å²) in [4.78, 5) is 47.6. The lowest BCUT2D eigenvalue weighted by Gasteiger charge is -2.36. The maximum absolute atomic E-state index is 14.4. The summed E-state index contributed by atoms with van der Waals surface area (Å²) in [5.41, 5.74) is 1.92. The lowest BCUT2D eigenvalue weighted by atomic mass is 9.84. The number of hydrogen-bond acceptors (Lipinski definition) is 6. The molecule has 10 nitrogen and oxygen atoms in total. The van der Waals surface area contributed by atoms with Gasteiger partial charge in [-0.05, 0) is 74.1 Å². The SMILES string of the molecule is CCCC(CCC)N(C(=O)CN1C[C@H](c2ccc3c(c2)OCO3)C(C(=O)O)[C@@H]1CCN1CCCN(C)C1=O)c1ccc(F)c(C)c1. The van der Waals surface area contributed by atoms with Crippen molar-refractivity contribution in [1.82, 2.24) is 14.7 Å². The molecule has 11 heteroatoms. The fraction of sp³-hybridized carbons (Fsp3) is 0.571. The number of likely N-dealkylation sites (tertiary alicyclic amines) is 1. The third kappa shape index (κ3) is 7.09. The molecule has 2 saturated heterocycles. The Morgan fingerprint density at radius 2 is 1.80 bits per heavy atom. The van der Waals surface area contributed by atoms with Gasteiger partial charge in [0, 0.05) is 56.9 Å². The summed E-state index contributed by atoms with van der Waals surface area (Å²) in [6.45, 7) is 8.04. The number of benzene rings is 2. The molecule has 0 bridgehead atoms. The summed E-state index contributed by atoms with van der Waals surface area (Å²) < 4.78 is 25.4. The number of aryl methyl sites for hydroxylation is 1. The maximum atomic E-state index is 14.4. The zero-order valence-electron chi connectivity index (χ0n) is 27.4. The highest BCUT2D eigenvalue weighted by atomic mass is 19.1. The van der Waals surface area contributed by atoms with Crippen LogP contribution in [0.2, 0.25) is 0 Å². The Hall–Kier alpha value is -3.86. The number of urea groups is 1. The normalized spacial score (nSPS) is 21.3. The van der Waals surface area contributed by atoms with Crippen LogP contribution in [0.5, 0.6) is 11.5 Å². The molecular weight excluding hydrogens is 591 g/mol. The van der Waals surface area contributed by atoms with Gasteiger partial charge in [-0.25, -0.2) is 9.18 Å².